The summed E-state index contributed by atoms with van der Waals surface area (Å²) in [6.45, 7) is 5.59. The van der Waals surface area contributed by atoms with Gasteiger partial charge in [0.25, 0.3) is 5.91 Å². The van der Waals surface area contributed by atoms with Gasteiger partial charge in [-0.2, -0.15) is 0 Å². The lowest BCUT2D eigenvalue weighted by Crippen LogP contribution is -2.47. The zero-order valence-electron chi connectivity index (χ0n) is 10.7. The molecule has 1 atom stereocenters. The molecule has 0 spiro atoms. The summed E-state index contributed by atoms with van der Waals surface area (Å²) in [6, 6.07) is 2.92. The van der Waals surface area contributed by atoms with Crippen LogP contribution >= 0.6 is 0 Å². The summed E-state index contributed by atoms with van der Waals surface area (Å²) in [6.07, 6.45) is 1.49. The Morgan fingerprint density at radius 1 is 1.50 bits per heavy atom. The zero-order valence-corrected chi connectivity index (χ0v) is 10.7. The fourth-order valence-electron chi connectivity index (χ4n) is 1.47. The molecule has 1 aromatic rings. The molecule has 0 aliphatic rings. The van der Waals surface area contributed by atoms with Crippen molar-refractivity contribution in [2.24, 2.45) is 16.8 Å². The van der Waals surface area contributed by atoms with Gasteiger partial charge in [0.15, 0.2) is 5.84 Å². The summed E-state index contributed by atoms with van der Waals surface area (Å²) >= 11 is 0. The van der Waals surface area contributed by atoms with E-state index in [1.807, 2.05) is 20.8 Å². The second-order valence-corrected chi connectivity index (χ2v) is 4.41. The molecule has 1 amide bonds. The van der Waals surface area contributed by atoms with E-state index in [4.69, 9.17) is 10.9 Å². The molecule has 0 aromatic carbocycles. The number of oxime groups is 1. The van der Waals surface area contributed by atoms with Crippen molar-refractivity contribution in [2.45, 2.75) is 26.8 Å². The van der Waals surface area contributed by atoms with Crippen LogP contribution in [0.25, 0.3) is 0 Å². The fourth-order valence-corrected chi connectivity index (χ4v) is 1.47. The Bertz CT molecular complexity index is 440. The maximum absolute atomic E-state index is 11.9. The van der Waals surface area contributed by atoms with E-state index in [2.05, 4.69) is 15.5 Å². The first-order chi connectivity index (χ1) is 8.45. The standard InChI is InChI=1S/C12H18N4O2/c1-7(2)10(11(13)16-18)15-12(17)9-5-4-8(3)14-6-9/h4-7,10,18H,1-3H3,(H2,13,16)(H,15,17). The Morgan fingerprint density at radius 3 is 2.61 bits per heavy atom. The zero-order chi connectivity index (χ0) is 13.7. The number of nitrogens with one attached hydrogen (secondary N) is 1. The van der Waals surface area contributed by atoms with Crippen molar-refractivity contribution in [3.63, 3.8) is 0 Å². The lowest BCUT2D eigenvalue weighted by atomic mass is 10.0. The van der Waals surface area contributed by atoms with Gasteiger partial charge in [-0.05, 0) is 25.0 Å². The minimum atomic E-state index is -0.510. The van der Waals surface area contributed by atoms with Gasteiger partial charge in [0.05, 0.1) is 11.6 Å². The van der Waals surface area contributed by atoms with Gasteiger partial charge >= 0.3 is 0 Å². The van der Waals surface area contributed by atoms with Crippen LogP contribution in [0.15, 0.2) is 23.5 Å². The highest BCUT2D eigenvalue weighted by molar-refractivity contribution is 5.98. The molecule has 0 aliphatic heterocycles. The lowest BCUT2D eigenvalue weighted by molar-refractivity contribution is 0.0938. The number of rotatable bonds is 4. The van der Waals surface area contributed by atoms with Crippen LogP contribution < -0.4 is 11.1 Å². The van der Waals surface area contributed by atoms with E-state index in [1.54, 1.807) is 12.1 Å². The molecule has 1 aromatic heterocycles. The Hall–Kier alpha value is -2.11. The number of amidine groups is 1. The Labute approximate surface area is 106 Å². The highest BCUT2D eigenvalue weighted by Crippen LogP contribution is 2.05. The first-order valence-electron chi connectivity index (χ1n) is 5.66. The molecule has 0 saturated heterocycles. The molecule has 0 aliphatic carbocycles. The number of carbonyl (C=O) groups is 1. The molecule has 0 fully saturated rings. The predicted molar refractivity (Wildman–Crippen MR) is 68.5 cm³/mol. The maximum Gasteiger partial charge on any atom is 0.253 e. The molecule has 4 N–H and O–H groups in total. The number of nitrogens with two attached hydrogens (primary N) is 1. The molecule has 6 heteroatoms. The molecule has 1 unspecified atom stereocenters. The van der Waals surface area contributed by atoms with Crippen LogP contribution in [0, 0.1) is 12.8 Å². The van der Waals surface area contributed by atoms with Crippen LogP contribution in [0.2, 0.25) is 0 Å². The fraction of sp³-hybridized carbons (Fsp3) is 0.417. The number of nitrogens with zero attached hydrogens (tertiary/aromatic N) is 2. The van der Waals surface area contributed by atoms with Gasteiger partial charge in [0.1, 0.15) is 0 Å². The van der Waals surface area contributed by atoms with Crippen LogP contribution in [0.4, 0.5) is 0 Å². The minimum absolute atomic E-state index is 0.0154. The molecule has 0 bridgehead atoms. The van der Waals surface area contributed by atoms with Gasteiger partial charge in [-0.3, -0.25) is 9.78 Å². The molecule has 98 valence electrons. The van der Waals surface area contributed by atoms with E-state index in [0.29, 0.717) is 5.56 Å². The number of pyridine rings is 1. The van der Waals surface area contributed by atoms with Crippen molar-refractivity contribution in [3.8, 4) is 0 Å². The third-order valence-corrected chi connectivity index (χ3v) is 2.56. The predicted octanol–water partition coefficient (Wildman–Crippen LogP) is 0.891. The molecule has 18 heavy (non-hydrogen) atoms. The monoisotopic (exact) mass is 250 g/mol. The quantitative estimate of drug-likeness (QED) is 0.320. The summed E-state index contributed by atoms with van der Waals surface area (Å²) in [5.74, 6) is -0.297. The molecule has 0 radical (unpaired) electrons. The summed E-state index contributed by atoms with van der Waals surface area (Å²) < 4.78 is 0. The van der Waals surface area contributed by atoms with Crippen molar-refractivity contribution in [2.75, 3.05) is 0 Å². The number of hydrogen-bond donors (Lipinski definition) is 3. The molecule has 1 heterocycles. The van der Waals surface area contributed by atoms with Gasteiger partial charge in [0, 0.05) is 11.9 Å². The highest BCUT2D eigenvalue weighted by Gasteiger charge is 2.21. The van der Waals surface area contributed by atoms with Crippen molar-refractivity contribution in [1.82, 2.24) is 10.3 Å². The lowest BCUT2D eigenvalue weighted by Gasteiger charge is -2.20. The Kier molecular flexibility index (Phi) is 4.65. The van der Waals surface area contributed by atoms with Crippen LogP contribution in [0.5, 0.6) is 0 Å². The molecular formula is C12H18N4O2. The first kappa shape index (κ1) is 14.0. The minimum Gasteiger partial charge on any atom is -0.409 e. The number of aryl methyl sites for hydroxylation is 1. The number of aromatic nitrogens is 1. The third kappa shape index (κ3) is 3.44. The van der Waals surface area contributed by atoms with Crippen molar-refractivity contribution in [3.05, 3.63) is 29.6 Å². The molecular weight excluding hydrogens is 232 g/mol. The van der Waals surface area contributed by atoms with Gasteiger partial charge in [0.2, 0.25) is 0 Å². The highest BCUT2D eigenvalue weighted by atomic mass is 16.4. The average molecular weight is 250 g/mol. The average Bonchev–Trinajstić information content (AvgIpc) is 2.35. The van der Waals surface area contributed by atoms with Gasteiger partial charge in [-0.1, -0.05) is 19.0 Å². The first-order valence-corrected chi connectivity index (χ1v) is 5.66. The third-order valence-electron chi connectivity index (χ3n) is 2.56. The second kappa shape index (κ2) is 6.00. The summed E-state index contributed by atoms with van der Waals surface area (Å²) in [7, 11) is 0. The normalized spacial score (nSPS) is 13.4. The van der Waals surface area contributed by atoms with E-state index in [9.17, 15) is 4.79 Å². The molecule has 1 rings (SSSR count). The van der Waals surface area contributed by atoms with Crippen molar-refractivity contribution >= 4 is 11.7 Å². The smallest absolute Gasteiger partial charge is 0.253 e. The summed E-state index contributed by atoms with van der Waals surface area (Å²) in [5.41, 5.74) is 6.82. The summed E-state index contributed by atoms with van der Waals surface area (Å²) in [5, 5.41) is 14.3. The van der Waals surface area contributed by atoms with Gasteiger partial charge in [-0.15, -0.1) is 0 Å². The number of hydrogen-bond acceptors (Lipinski definition) is 4. The maximum atomic E-state index is 11.9. The van der Waals surface area contributed by atoms with Gasteiger partial charge < -0.3 is 16.3 Å². The van der Waals surface area contributed by atoms with E-state index >= 15 is 0 Å². The molecule has 6 nitrogen and oxygen atoms in total. The van der Waals surface area contributed by atoms with Gasteiger partial charge in [-0.25, -0.2) is 0 Å². The van der Waals surface area contributed by atoms with Crippen molar-refractivity contribution in [1.29, 1.82) is 0 Å². The summed E-state index contributed by atoms with van der Waals surface area (Å²) in [4.78, 5) is 16.0. The van der Waals surface area contributed by atoms with Crippen LogP contribution in [0.3, 0.4) is 0 Å². The SMILES string of the molecule is Cc1ccc(C(=O)NC(C(N)=NO)C(C)C)cn1. The van der Waals surface area contributed by atoms with E-state index in [-0.39, 0.29) is 17.7 Å². The molecule has 0 saturated carbocycles. The van der Waals surface area contributed by atoms with E-state index < -0.39 is 6.04 Å². The Balaban J connectivity index is 2.82. The largest absolute Gasteiger partial charge is 0.409 e. The topological polar surface area (TPSA) is 101 Å². The Morgan fingerprint density at radius 2 is 2.17 bits per heavy atom. The number of amides is 1. The second-order valence-electron chi connectivity index (χ2n) is 4.41. The number of carbonyl (C=O) groups excluding carboxylic acids is 1. The van der Waals surface area contributed by atoms with E-state index in [0.717, 1.165) is 5.69 Å². The van der Waals surface area contributed by atoms with Crippen LogP contribution in [-0.4, -0.2) is 28.0 Å². The van der Waals surface area contributed by atoms with E-state index in [1.165, 1.54) is 6.20 Å². The van der Waals surface area contributed by atoms with Crippen LogP contribution in [-0.2, 0) is 0 Å². The van der Waals surface area contributed by atoms with Crippen LogP contribution in [0.1, 0.15) is 29.9 Å². The van der Waals surface area contributed by atoms with Crippen molar-refractivity contribution < 1.29 is 10.0 Å².